The maximum Gasteiger partial charge on any atom is 0.243 e. The van der Waals surface area contributed by atoms with Gasteiger partial charge >= 0.3 is 0 Å². The summed E-state index contributed by atoms with van der Waals surface area (Å²) in [5.74, 6) is -1.34. The number of halogens is 2. The lowest BCUT2D eigenvalue weighted by molar-refractivity contribution is -0.116. The van der Waals surface area contributed by atoms with Crippen LogP contribution in [0.25, 0.3) is 10.8 Å². The van der Waals surface area contributed by atoms with E-state index >= 15 is 0 Å². The van der Waals surface area contributed by atoms with Crippen molar-refractivity contribution in [2.45, 2.75) is 4.90 Å². The van der Waals surface area contributed by atoms with Crippen LogP contribution in [0, 0.1) is 5.82 Å². The van der Waals surface area contributed by atoms with E-state index in [1.54, 1.807) is 12.1 Å². The summed E-state index contributed by atoms with van der Waals surface area (Å²) < 4.78 is 40.1. The zero-order valence-corrected chi connectivity index (χ0v) is 15.9. The third-order valence-electron chi connectivity index (χ3n) is 4.00. The summed E-state index contributed by atoms with van der Waals surface area (Å²) in [6.07, 6.45) is 0. The van der Waals surface area contributed by atoms with E-state index in [1.165, 1.54) is 25.2 Å². The van der Waals surface area contributed by atoms with E-state index in [4.69, 9.17) is 11.6 Å². The first-order chi connectivity index (χ1) is 12.8. The zero-order valence-electron chi connectivity index (χ0n) is 14.3. The van der Waals surface area contributed by atoms with E-state index in [0.717, 1.165) is 21.1 Å². The molecule has 0 aliphatic heterocycles. The number of likely N-dealkylation sites (N-methyl/N-ethyl adjacent to an activating group) is 1. The number of amides is 1. The molecule has 0 radical (unpaired) electrons. The van der Waals surface area contributed by atoms with Crippen LogP contribution in [0.15, 0.2) is 65.6 Å². The summed E-state index contributed by atoms with van der Waals surface area (Å²) in [4.78, 5) is 12.2. The summed E-state index contributed by atoms with van der Waals surface area (Å²) in [5, 5.41) is 4.27. The molecule has 0 unspecified atom stereocenters. The van der Waals surface area contributed by atoms with Crippen molar-refractivity contribution in [2.75, 3.05) is 18.9 Å². The number of hydrogen-bond donors (Lipinski definition) is 1. The standard InChI is InChI=1S/C19H16ClFN2O3S/c1-23(12-19(24)22-18-11-15(20)7-9-17(18)21)27(25,26)16-8-6-13-4-2-3-5-14(13)10-16/h2-11H,12H2,1H3,(H,22,24). The second kappa shape index (κ2) is 7.64. The predicted molar refractivity (Wildman–Crippen MR) is 104 cm³/mol. The maximum atomic E-state index is 13.7. The van der Waals surface area contributed by atoms with Gasteiger partial charge in [0.15, 0.2) is 0 Å². The molecule has 0 heterocycles. The maximum absolute atomic E-state index is 13.7. The number of anilines is 1. The topological polar surface area (TPSA) is 66.5 Å². The van der Waals surface area contributed by atoms with Gasteiger partial charge in [0.1, 0.15) is 5.82 Å². The number of benzene rings is 3. The highest BCUT2D eigenvalue weighted by atomic mass is 35.5. The average Bonchev–Trinajstić information content (AvgIpc) is 2.64. The van der Waals surface area contributed by atoms with Gasteiger partial charge in [0, 0.05) is 12.1 Å². The molecule has 0 fully saturated rings. The first-order valence-electron chi connectivity index (χ1n) is 7.97. The molecule has 1 N–H and O–H groups in total. The van der Waals surface area contributed by atoms with Crippen molar-refractivity contribution in [3.05, 3.63) is 71.5 Å². The van der Waals surface area contributed by atoms with Crippen molar-refractivity contribution in [1.82, 2.24) is 4.31 Å². The van der Waals surface area contributed by atoms with Gasteiger partial charge in [-0.1, -0.05) is 41.9 Å². The number of rotatable bonds is 5. The van der Waals surface area contributed by atoms with Crippen LogP contribution in [0.4, 0.5) is 10.1 Å². The Morgan fingerprint density at radius 1 is 1.07 bits per heavy atom. The van der Waals surface area contributed by atoms with Gasteiger partial charge in [0.05, 0.1) is 17.1 Å². The summed E-state index contributed by atoms with van der Waals surface area (Å²) in [6.45, 7) is -0.471. The van der Waals surface area contributed by atoms with Gasteiger partial charge in [0.2, 0.25) is 15.9 Å². The van der Waals surface area contributed by atoms with Gasteiger partial charge in [-0.2, -0.15) is 4.31 Å². The molecule has 0 aliphatic rings. The van der Waals surface area contributed by atoms with Crippen LogP contribution in [-0.4, -0.2) is 32.2 Å². The molecule has 0 saturated carbocycles. The molecule has 140 valence electrons. The van der Waals surface area contributed by atoms with Gasteiger partial charge < -0.3 is 5.32 Å². The van der Waals surface area contributed by atoms with E-state index in [-0.39, 0.29) is 15.6 Å². The first kappa shape index (κ1) is 19.3. The molecular weight excluding hydrogens is 391 g/mol. The van der Waals surface area contributed by atoms with Gasteiger partial charge in [-0.25, -0.2) is 12.8 Å². The molecule has 8 heteroatoms. The van der Waals surface area contributed by atoms with Crippen molar-refractivity contribution >= 4 is 44.0 Å². The van der Waals surface area contributed by atoms with Crippen LogP contribution < -0.4 is 5.32 Å². The van der Waals surface area contributed by atoms with E-state index in [9.17, 15) is 17.6 Å². The molecule has 1 amide bonds. The van der Waals surface area contributed by atoms with E-state index in [1.807, 2.05) is 24.3 Å². The summed E-state index contributed by atoms with van der Waals surface area (Å²) >= 11 is 5.78. The molecule has 3 aromatic carbocycles. The number of hydrogen-bond acceptors (Lipinski definition) is 3. The van der Waals surface area contributed by atoms with Crippen LogP contribution in [0.3, 0.4) is 0 Å². The Labute approximate surface area is 161 Å². The van der Waals surface area contributed by atoms with Gasteiger partial charge in [-0.3, -0.25) is 4.79 Å². The fraction of sp³-hybridized carbons (Fsp3) is 0.105. The lowest BCUT2D eigenvalue weighted by atomic mass is 10.1. The third-order valence-corrected chi connectivity index (χ3v) is 6.03. The van der Waals surface area contributed by atoms with Crippen LogP contribution >= 0.6 is 11.6 Å². The largest absolute Gasteiger partial charge is 0.322 e. The second-order valence-corrected chi connectivity index (χ2v) is 8.42. The summed E-state index contributed by atoms with van der Waals surface area (Å²) in [7, 11) is -2.59. The van der Waals surface area contributed by atoms with Crippen molar-refractivity contribution in [3.8, 4) is 0 Å². The minimum atomic E-state index is -3.88. The Kier molecular flexibility index (Phi) is 5.46. The minimum absolute atomic E-state index is 0.0745. The average molecular weight is 407 g/mol. The van der Waals surface area contributed by atoms with Crippen LogP contribution in [0.2, 0.25) is 5.02 Å². The van der Waals surface area contributed by atoms with Crippen molar-refractivity contribution < 1.29 is 17.6 Å². The first-order valence-corrected chi connectivity index (χ1v) is 9.79. The SMILES string of the molecule is CN(CC(=O)Nc1cc(Cl)ccc1F)S(=O)(=O)c1ccc2ccccc2c1. The lowest BCUT2D eigenvalue weighted by Gasteiger charge is -2.17. The van der Waals surface area contributed by atoms with Crippen molar-refractivity contribution in [1.29, 1.82) is 0 Å². The minimum Gasteiger partial charge on any atom is -0.322 e. The Bertz CT molecular complexity index is 1120. The van der Waals surface area contributed by atoms with Crippen molar-refractivity contribution in [2.24, 2.45) is 0 Å². The highest BCUT2D eigenvalue weighted by Crippen LogP contribution is 2.22. The molecule has 3 rings (SSSR count). The number of sulfonamides is 1. The van der Waals surface area contributed by atoms with E-state index in [0.29, 0.717) is 0 Å². The number of nitrogens with zero attached hydrogens (tertiary/aromatic N) is 1. The molecule has 0 atom stereocenters. The number of nitrogens with one attached hydrogen (secondary N) is 1. The second-order valence-electron chi connectivity index (χ2n) is 5.94. The van der Waals surface area contributed by atoms with Crippen LogP contribution in [-0.2, 0) is 14.8 Å². The molecule has 0 bridgehead atoms. The number of carbonyl (C=O) groups excluding carboxylic acids is 1. The highest BCUT2D eigenvalue weighted by molar-refractivity contribution is 7.89. The molecule has 27 heavy (non-hydrogen) atoms. The summed E-state index contributed by atoms with van der Waals surface area (Å²) in [5.41, 5.74) is -0.107. The summed E-state index contributed by atoms with van der Waals surface area (Å²) in [6, 6.07) is 15.8. The smallest absolute Gasteiger partial charge is 0.243 e. The Balaban J connectivity index is 1.78. The number of fused-ring (bicyclic) bond motifs is 1. The molecular formula is C19H16ClFN2O3S. The quantitative estimate of drug-likeness (QED) is 0.699. The van der Waals surface area contributed by atoms with E-state index in [2.05, 4.69) is 5.32 Å². The normalized spacial score (nSPS) is 11.7. The van der Waals surface area contributed by atoms with Gasteiger partial charge in [0.25, 0.3) is 0 Å². The zero-order chi connectivity index (χ0) is 19.6. The van der Waals surface area contributed by atoms with Gasteiger partial charge in [-0.15, -0.1) is 0 Å². The van der Waals surface area contributed by atoms with Gasteiger partial charge in [-0.05, 0) is 41.1 Å². The molecule has 0 aliphatic carbocycles. The third kappa shape index (κ3) is 4.27. The Morgan fingerprint density at radius 3 is 2.52 bits per heavy atom. The van der Waals surface area contributed by atoms with E-state index < -0.39 is 28.3 Å². The van der Waals surface area contributed by atoms with Crippen LogP contribution in [0.1, 0.15) is 0 Å². The molecule has 0 aromatic heterocycles. The predicted octanol–water partition coefficient (Wildman–Crippen LogP) is 3.89. The monoisotopic (exact) mass is 406 g/mol. The van der Waals surface area contributed by atoms with Crippen LogP contribution in [0.5, 0.6) is 0 Å². The molecule has 5 nitrogen and oxygen atoms in total. The highest BCUT2D eigenvalue weighted by Gasteiger charge is 2.23. The molecule has 3 aromatic rings. The molecule has 0 saturated heterocycles. The lowest BCUT2D eigenvalue weighted by Crippen LogP contribution is -2.35. The fourth-order valence-corrected chi connectivity index (χ4v) is 3.91. The van der Waals surface area contributed by atoms with Crippen molar-refractivity contribution in [3.63, 3.8) is 0 Å². The number of carbonyl (C=O) groups is 1. The Hall–Kier alpha value is -2.48. The molecule has 0 spiro atoms. The fourth-order valence-electron chi connectivity index (χ4n) is 2.58. The Morgan fingerprint density at radius 2 is 1.78 bits per heavy atom.